The third-order valence-electron chi connectivity index (χ3n) is 6.79. The molecule has 0 spiro atoms. The van der Waals surface area contributed by atoms with Crippen LogP contribution in [-0.2, 0) is 9.53 Å². The summed E-state index contributed by atoms with van der Waals surface area (Å²) in [6.45, 7) is 5.49. The third kappa shape index (κ3) is 5.99. The van der Waals surface area contributed by atoms with E-state index in [1.807, 2.05) is 74.5 Å². The largest absolute Gasteiger partial charge is 0.506 e. The Hall–Kier alpha value is -4.91. The first-order valence-corrected chi connectivity index (χ1v) is 13.4. The van der Waals surface area contributed by atoms with Crippen molar-refractivity contribution >= 4 is 34.9 Å². The predicted molar refractivity (Wildman–Crippen MR) is 158 cm³/mol. The van der Waals surface area contributed by atoms with Crippen molar-refractivity contribution in [2.45, 2.75) is 32.8 Å². The molecule has 0 fully saturated rings. The number of benzene rings is 3. The van der Waals surface area contributed by atoms with E-state index >= 15 is 0 Å². The number of carbonyl (C=O) groups excluding carboxylic acids is 2. The topological polar surface area (TPSA) is 103 Å². The van der Waals surface area contributed by atoms with E-state index in [2.05, 4.69) is 0 Å². The van der Waals surface area contributed by atoms with E-state index in [0.717, 1.165) is 11.1 Å². The van der Waals surface area contributed by atoms with E-state index in [9.17, 15) is 19.5 Å². The van der Waals surface area contributed by atoms with Gasteiger partial charge in [-0.1, -0.05) is 67.6 Å². The number of fused-ring (bicyclic) bond motifs is 3. The van der Waals surface area contributed by atoms with Gasteiger partial charge in [0.15, 0.2) is 11.4 Å². The van der Waals surface area contributed by atoms with E-state index in [1.54, 1.807) is 25.2 Å². The number of ketones is 1. The fourth-order valence-corrected chi connectivity index (χ4v) is 4.80. The number of esters is 1. The molecule has 0 bridgehead atoms. The van der Waals surface area contributed by atoms with Gasteiger partial charge in [0.05, 0.1) is 17.6 Å². The van der Waals surface area contributed by atoms with Crippen LogP contribution < -0.4 is 10.4 Å². The van der Waals surface area contributed by atoms with Crippen LogP contribution in [0.25, 0.3) is 34.2 Å². The van der Waals surface area contributed by atoms with Gasteiger partial charge >= 0.3 is 11.6 Å². The predicted octanol–water partition coefficient (Wildman–Crippen LogP) is 6.82. The lowest BCUT2D eigenvalue weighted by Gasteiger charge is -2.30. The highest BCUT2D eigenvalue weighted by Gasteiger charge is 2.33. The van der Waals surface area contributed by atoms with Gasteiger partial charge in [-0.2, -0.15) is 0 Å². The molecule has 0 aliphatic carbocycles. The number of ether oxygens (including phenoxy) is 2. The summed E-state index contributed by atoms with van der Waals surface area (Å²) in [4.78, 5) is 38.6. The second-order valence-corrected chi connectivity index (χ2v) is 10.7. The molecule has 1 atom stereocenters. The number of rotatable bonds is 8. The van der Waals surface area contributed by atoms with Gasteiger partial charge in [0.1, 0.15) is 22.7 Å². The van der Waals surface area contributed by atoms with E-state index < -0.39 is 23.0 Å². The van der Waals surface area contributed by atoms with E-state index in [-0.39, 0.29) is 35.8 Å². The van der Waals surface area contributed by atoms with Crippen LogP contribution in [0.2, 0.25) is 0 Å². The molecule has 1 aliphatic heterocycles. The summed E-state index contributed by atoms with van der Waals surface area (Å²) in [5.74, 6) is -1.36. The molecule has 2 heterocycles. The number of hydrogen-bond donors (Lipinski definition) is 1. The Labute approximate surface area is 237 Å². The summed E-state index contributed by atoms with van der Waals surface area (Å²) in [7, 11) is 0. The maximum absolute atomic E-state index is 13.7. The SMILES string of the molecule is CC(COC(=O)C=Cc1ccccc1)CC(=O)c1c(O)c2c(c3c(-c4ccccc4)cc(=O)oc13)OC(C)(C)C=C2. The lowest BCUT2D eigenvalue weighted by molar-refractivity contribution is -0.138. The van der Waals surface area contributed by atoms with E-state index in [0.29, 0.717) is 22.3 Å². The molecule has 208 valence electrons. The Kier molecular flexibility index (Phi) is 7.62. The molecule has 1 unspecified atom stereocenters. The van der Waals surface area contributed by atoms with Gasteiger partial charge in [-0.05, 0) is 49.1 Å². The second-order valence-electron chi connectivity index (χ2n) is 10.7. The first-order chi connectivity index (χ1) is 19.6. The minimum Gasteiger partial charge on any atom is -0.506 e. The van der Waals surface area contributed by atoms with Gasteiger partial charge < -0.3 is 19.0 Å². The lowest BCUT2D eigenvalue weighted by atomic mass is 9.90. The van der Waals surface area contributed by atoms with E-state index in [4.69, 9.17) is 13.9 Å². The molecule has 5 rings (SSSR count). The molecular weight excluding hydrogens is 520 g/mol. The minimum atomic E-state index is -0.699. The number of Topliss-reactive ketones (excluding diaryl/α,β-unsaturated/α-hetero) is 1. The molecule has 41 heavy (non-hydrogen) atoms. The summed E-state index contributed by atoms with van der Waals surface area (Å²) in [6.07, 6.45) is 6.43. The molecular formula is C34H30O7. The smallest absolute Gasteiger partial charge is 0.336 e. The Morgan fingerprint density at radius 2 is 1.73 bits per heavy atom. The molecule has 7 heteroatoms. The number of hydrogen-bond acceptors (Lipinski definition) is 7. The van der Waals surface area contributed by atoms with Crippen LogP contribution >= 0.6 is 0 Å². The monoisotopic (exact) mass is 550 g/mol. The zero-order chi connectivity index (χ0) is 29.1. The van der Waals surface area contributed by atoms with Gasteiger partial charge in [0.25, 0.3) is 0 Å². The summed E-state index contributed by atoms with van der Waals surface area (Å²) >= 11 is 0. The Morgan fingerprint density at radius 1 is 1.05 bits per heavy atom. The molecule has 1 aromatic heterocycles. The van der Waals surface area contributed by atoms with Crippen LogP contribution in [0.5, 0.6) is 11.5 Å². The third-order valence-corrected chi connectivity index (χ3v) is 6.79. The van der Waals surface area contributed by atoms with Crippen LogP contribution in [0, 0.1) is 5.92 Å². The number of carbonyl (C=O) groups is 2. The Bertz CT molecular complexity index is 1730. The molecule has 0 radical (unpaired) electrons. The van der Waals surface area contributed by atoms with E-state index in [1.165, 1.54) is 12.1 Å². The number of phenols is 1. The fraction of sp³-hybridized carbons (Fsp3) is 0.206. The maximum atomic E-state index is 13.7. The lowest BCUT2D eigenvalue weighted by Crippen LogP contribution is -2.28. The van der Waals surface area contributed by atoms with Crippen LogP contribution in [0.15, 0.2) is 88.1 Å². The molecule has 0 saturated carbocycles. The standard InChI is InChI=1S/C34H30O7/c1-21(20-39-27(36)15-14-22-10-6-4-7-11-22)18-26(35)30-31(38)24-16-17-34(2,3)41-32(24)29-25(19-28(37)40-33(29)30)23-12-8-5-9-13-23/h4-17,19,21,38H,18,20H2,1-3H3. The minimum absolute atomic E-state index is 0.0102. The average Bonchev–Trinajstić information content (AvgIpc) is 2.95. The van der Waals surface area contributed by atoms with Crippen molar-refractivity contribution in [3.05, 3.63) is 106 Å². The fourth-order valence-electron chi connectivity index (χ4n) is 4.80. The second kappa shape index (κ2) is 11.3. The normalized spacial score (nSPS) is 14.4. The van der Waals surface area contributed by atoms with Gasteiger partial charge in [0.2, 0.25) is 0 Å². The molecule has 7 nitrogen and oxygen atoms in total. The highest BCUT2D eigenvalue weighted by Crippen LogP contribution is 2.48. The highest BCUT2D eigenvalue weighted by molar-refractivity contribution is 6.15. The maximum Gasteiger partial charge on any atom is 0.336 e. The zero-order valence-corrected chi connectivity index (χ0v) is 23.0. The highest BCUT2D eigenvalue weighted by atomic mass is 16.5. The molecule has 4 aromatic rings. The van der Waals surface area contributed by atoms with Gasteiger partial charge in [0, 0.05) is 24.1 Å². The number of aromatic hydroxyl groups is 1. The Morgan fingerprint density at radius 3 is 2.44 bits per heavy atom. The van der Waals surface area contributed by atoms with Gasteiger partial charge in [-0.25, -0.2) is 9.59 Å². The van der Waals surface area contributed by atoms with Crippen molar-refractivity contribution in [2.24, 2.45) is 5.92 Å². The van der Waals surface area contributed by atoms with Crippen molar-refractivity contribution in [2.75, 3.05) is 6.61 Å². The summed E-state index contributed by atoms with van der Waals surface area (Å²) in [6, 6.07) is 20.0. The van der Waals surface area contributed by atoms with Crippen LogP contribution in [0.1, 0.15) is 48.7 Å². The average molecular weight is 551 g/mol. The number of phenolic OH excluding ortho intramolecular Hbond substituents is 1. The quantitative estimate of drug-likeness (QED) is 0.111. The zero-order valence-electron chi connectivity index (χ0n) is 23.0. The molecule has 3 aromatic carbocycles. The van der Waals surface area contributed by atoms with Gasteiger partial charge in [-0.15, -0.1) is 0 Å². The van der Waals surface area contributed by atoms with Crippen LogP contribution in [0.3, 0.4) is 0 Å². The van der Waals surface area contributed by atoms with Gasteiger partial charge in [-0.3, -0.25) is 4.79 Å². The first-order valence-electron chi connectivity index (χ1n) is 13.4. The Balaban J connectivity index is 1.49. The molecule has 0 saturated heterocycles. The molecule has 1 aliphatic rings. The van der Waals surface area contributed by atoms with Crippen LogP contribution in [-0.4, -0.2) is 29.1 Å². The first kappa shape index (κ1) is 27.6. The summed E-state index contributed by atoms with van der Waals surface area (Å²) < 4.78 is 17.2. The van der Waals surface area contributed by atoms with Crippen molar-refractivity contribution in [3.63, 3.8) is 0 Å². The molecule has 1 N–H and O–H groups in total. The summed E-state index contributed by atoms with van der Waals surface area (Å²) in [5, 5.41) is 11.8. The molecule has 0 amide bonds. The van der Waals surface area contributed by atoms with Crippen molar-refractivity contribution in [3.8, 4) is 22.6 Å². The summed E-state index contributed by atoms with van der Waals surface area (Å²) in [5.41, 5.74) is 0.938. The van der Waals surface area contributed by atoms with Crippen molar-refractivity contribution in [1.82, 2.24) is 0 Å². The van der Waals surface area contributed by atoms with Crippen molar-refractivity contribution < 1.29 is 28.6 Å². The van der Waals surface area contributed by atoms with Crippen LogP contribution in [0.4, 0.5) is 0 Å². The van der Waals surface area contributed by atoms with Crippen molar-refractivity contribution in [1.29, 1.82) is 0 Å².